The molecule has 0 amide bonds. The van der Waals surface area contributed by atoms with Crippen molar-refractivity contribution in [2.45, 2.75) is 0 Å². The van der Waals surface area contributed by atoms with Crippen LogP contribution in [0.2, 0.25) is 10.2 Å². The molecule has 2 aromatic heterocycles. The summed E-state index contributed by atoms with van der Waals surface area (Å²) < 4.78 is 5.18. The number of para-hydroxylation sites is 1. The first kappa shape index (κ1) is 11.3. The van der Waals surface area contributed by atoms with E-state index in [-0.39, 0.29) is 0 Å². The maximum absolute atomic E-state index is 6.00. The average Bonchev–Trinajstić information content (AvgIpc) is 2.77. The van der Waals surface area contributed by atoms with Crippen LogP contribution >= 0.6 is 23.2 Å². The Labute approximate surface area is 113 Å². The molecule has 0 radical (unpaired) electrons. The molecule has 0 spiro atoms. The second-order valence-electron chi connectivity index (χ2n) is 3.64. The Morgan fingerprint density at radius 1 is 1.11 bits per heavy atom. The maximum Gasteiger partial charge on any atom is 0.187 e. The molecule has 3 rings (SSSR count). The number of hydrogen-bond donors (Lipinski definition) is 1. The van der Waals surface area contributed by atoms with Crippen LogP contribution in [0.4, 0.5) is 11.5 Å². The van der Waals surface area contributed by atoms with Gasteiger partial charge in [0.25, 0.3) is 0 Å². The number of nitrogens with zero attached hydrogens (tertiary/aromatic N) is 2. The molecular weight excluding hydrogens is 273 g/mol. The standard InChI is InChI=1S/C12H7Cl2N3O/c13-9-3-1-2-8-11(9)18-17-12(8)16-7-4-5-10(14)15-6-7/h1-6H,(H,16,17). The normalized spacial score (nSPS) is 10.8. The Kier molecular flexibility index (Phi) is 2.81. The van der Waals surface area contributed by atoms with Crippen molar-refractivity contribution < 1.29 is 4.52 Å². The molecule has 4 nitrogen and oxygen atoms in total. The lowest BCUT2D eigenvalue weighted by molar-refractivity contribution is 0.460. The third kappa shape index (κ3) is 2.00. The maximum atomic E-state index is 6.00. The van der Waals surface area contributed by atoms with Gasteiger partial charge in [0.15, 0.2) is 11.4 Å². The van der Waals surface area contributed by atoms with E-state index in [0.717, 1.165) is 11.1 Å². The van der Waals surface area contributed by atoms with Gasteiger partial charge in [-0.3, -0.25) is 0 Å². The smallest absolute Gasteiger partial charge is 0.187 e. The third-order valence-corrected chi connectivity index (χ3v) is 2.96. The van der Waals surface area contributed by atoms with E-state index >= 15 is 0 Å². The lowest BCUT2D eigenvalue weighted by Crippen LogP contribution is -1.91. The predicted molar refractivity (Wildman–Crippen MR) is 71.5 cm³/mol. The van der Waals surface area contributed by atoms with Crippen molar-refractivity contribution in [2.75, 3.05) is 5.32 Å². The second-order valence-corrected chi connectivity index (χ2v) is 4.44. The highest BCUT2D eigenvalue weighted by molar-refractivity contribution is 6.35. The van der Waals surface area contributed by atoms with Gasteiger partial charge in [0.05, 0.1) is 22.3 Å². The molecule has 1 aromatic carbocycles. The highest BCUT2D eigenvalue weighted by atomic mass is 35.5. The summed E-state index contributed by atoms with van der Waals surface area (Å²) in [6, 6.07) is 8.97. The van der Waals surface area contributed by atoms with Crippen LogP contribution in [-0.2, 0) is 0 Å². The molecular formula is C12H7Cl2N3O. The van der Waals surface area contributed by atoms with Crippen LogP contribution in [0, 0.1) is 0 Å². The minimum atomic E-state index is 0.439. The van der Waals surface area contributed by atoms with Crippen LogP contribution in [0.1, 0.15) is 0 Å². The van der Waals surface area contributed by atoms with Crippen molar-refractivity contribution in [3.8, 4) is 0 Å². The zero-order valence-electron chi connectivity index (χ0n) is 9.02. The molecule has 0 fully saturated rings. The van der Waals surface area contributed by atoms with Gasteiger partial charge in [-0.2, -0.15) is 0 Å². The topological polar surface area (TPSA) is 51.0 Å². The van der Waals surface area contributed by atoms with E-state index in [0.29, 0.717) is 21.6 Å². The summed E-state index contributed by atoms with van der Waals surface area (Å²) in [5, 5.41) is 8.82. The first-order valence-electron chi connectivity index (χ1n) is 5.16. The molecule has 0 atom stereocenters. The van der Waals surface area contributed by atoms with Crippen LogP contribution in [0.25, 0.3) is 11.0 Å². The molecule has 18 heavy (non-hydrogen) atoms. The summed E-state index contributed by atoms with van der Waals surface area (Å²) in [6.45, 7) is 0. The SMILES string of the molecule is Clc1ccc(Nc2noc3c(Cl)cccc23)cn1. The summed E-state index contributed by atoms with van der Waals surface area (Å²) in [5.74, 6) is 0.594. The summed E-state index contributed by atoms with van der Waals surface area (Å²) in [6.07, 6.45) is 1.62. The van der Waals surface area contributed by atoms with E-state index < -0.39 is 0 Å². The number of nitrogens with one attached hydrogen (secondary N) is 1. The number of anilines is 2. The molecule has 3 aromatic rings. The average molecular weight is 280 g/mol. The largest absolute Gasteiger partial charge is 0.352 e. The molecule has 2 heterocycles. The van der Waals surface area contributed by atoms with Crippen molar-refractivity contribution in [1.29, 1.82) is 0 Å². The molecule has 0 unspecified atom stereocenters. The summed E-state index contributed by atoms with van der Waals surface area (Å²) >= 11 is 11.7. The fourth-order valence-electron chi connectivity index (χ4n) is 1.61. The van der Waals surface area contributed by atoms with E-state index in [9.17, 15) is 0 Å². The molecule has 0 aliphatic heterocycles. The fourth-order valence-corrected chi connectivity index (χ4v) is 1.93. The number of fused-ring (bicyclic) bond motifs is 1. The molecule has 6 heteroatoms. The predicted octanol–water partition coefficient (Wildman–Crippen LogP) is 4.27. The third-order valence-electron chi connectivity index (χ3n) is 2.44. The van der Waals surface area contributed by atoms with Gasteiger partial charge in [0.2, 0.25) is 0 Å². The van der Waals surface area contributed by atoms with Gasteiger partial charge in [-0.15, -0.1) is 0 Å². The minimum absolute atomic E-state index is 0.439. The van der Waals surface area contributed by atoms with E-state index in [4.69, 9.17) is 27.7 Å². The molecule has 0 saturated carbocycles. The number of rotatable bonds is 2. The molecule has 0 bridgehead atoms. The Hall–Kier alpha value is -1.78. The highest BCUT2D eigenvalue weighted by Gasteiger charge is 2.10. The van der Waals surface area contributed by atoms with Gasteiger partial charge >= 0.3 is 0 Å². The lowest BCUT2D eigenvalue weighted by atomic mass is 10.2. The molecule has 1 N–H and O–H groups in total. The summed E-state index contributed by atoms with van der Waals surface area (Å²) in [4.78, 5) is 3.98. The Balaban J connectivity index is 2.00. The van der Waals surface area contributed by atoms with E-state index in [1.165, 1.54) is 0 Å². The molecule has 0 saturated heterocycles. The lowest BCUT2D eigenvalue weighted by Gasteiger charge is -2.01. The zero-order chi connectivity index (χ0) is 12.5. The second kappa shape index (κ2) is 4.48. The molecule has 0 aliphatic rings. The van der Waals surface area contributed by atoms with Gasteiger partial charge in [0.1, 0.15) is 5.15 Å². The van der Waals surface area contributed by atoms with Crippen molar-refractivity contribution in [2.24, 2.45) is 0 Å². The number of benzene rings is 1. The van der Waals surface area contributed by atoms with Gasteiger partial charge in [-0.1, -0.05) is 34.4 Å². The Morgan fingerprint density at radius 2 is 2.00 bits per heavy atom. The van der Waals surface area contributed by atoms with Crippen LogP contribution in [0.5, 0.6) is 0 Å². The van der Waals surface area contributed by atoms with Crippen LogP contribution in [0.15, 0.2) is 41.1 Å². The van der Waals surface area contributed by atoms with E-state index in [1.54, 1.807) is 24.4 Å². The summed E-state index contributed by atoms with van der Waals surface area (Å²) in [7, 11) is 0. The molecule has 90 valence electrons. The van der Waals surface area contributed by atoms with E-state index in [1.807, 2.05) is 12.1 Å². The monoisotopic (exact) mass is 279 g/mol. The first-order valence-corrected chi connectivity index (χ1v) is 5.92. The molecule has 0 aliphatic carbocycles. The fraction of sp³-hybridized carbons (Fsp3) is 0. The Morgan fingerprint density at radius 3 is 2.78 bits per heavy atom. The zero-order valence-corrected chi connectivity index (χ0v) is 10.5. The van der Waals surface area contributed by atoms with Crippen LogP contribution in [0.3, 0.4) is 0 Å². The van der Waals surface area contributed by atoms with Gasteiger partial charge in [-0.05, 0) is 24.3 Å². The van der Waals surface area contributed by atoms with Gasteiger partial charge in [0, 0.05) is 0 Å². The van der Waals surface area contributed by atoms with Gasteiger partial charge in [-0.25, -0.2) is 4.98 Å². The quantitative estimate of drug-likeness (QED) is 0.712. The van der Waals surface area contributed by atoms with E-state index in [2.05, 4.69) is 15.5 Å². The van der Waals surface area contributed by atoms with Gasteiger partial charge < -0.3 is 9.84 Å². The van der Waals surface area contributed by atoms with Crippen molar-refractivity contribution in [3.63, 3.8) is 0 Å². The summed E-state index contributed by atoms with van der Waals surface area (Å²) in [5.41, 5.74) is 1.33. The number of aromatic nitrogens is 2. The number of pyridine rings is 1. The Bertz CT molecular complexity index is 694. The van der Waals surface area contributed by atoms with Crippen molar-refractivity contribution in [3.05, 3.63) is 46.7 Å². The number of halogens is 2. The van der Waals surface area contributed by atoms with Crippen LogP contribution in [-0.4, -0.2) is 10.1 Å². The van der Waals surface area contributed by atoms with Crippen molar-refractivity contribution in [1.82, 2.24) is 10.1 Å². The first-order chi connectivity index (χ1) is 8.74. The number of hydrogen-bond acceptors (Lipinski definition) is 4. The minimum Gasteiger partial charge on any atom is -0.352 e. The van der Waals surface area contributed by atoms with Crippen LogP contribution < -0.4 is 5.32 Å². The van der Waals surface area contributed by atoms with Crippen molar-refractivity contribution >= 4 is 45.7 Å². The highest BCUT2D eigenvalue weighted by Crippen LogP contribution is 2.30.